The van der Waals surface area contributed by atoms with Gasteiger partial charge in [-0.15, -0.1) is 0 Å². The molecule has 7 aromatic carbocycles. The van der Waals surface area contributed by atoms with Crippen molar-refractivity contribution in [2.45, 2.75) is 40.0 Å². The van der Waals surface area contributed by atoms with Crippen LogP contribution in [0.15, 0.2) is 146 Å². The molecule has 7 aromatic rings. The first-order valence-corrected chi connectivity index (χ1v) is 20.9. The molecule has 0 radical (unpaired) electrons. The first kappa shape index (κ1) is 42.5. The van der Waals surface area contributed by atoms with Crippen molar-refractivity contribution >= 4 is 57.7 Å². The highest BCUT2D eigenvalue weighted by Gasteiger charge is 2.36. The van der Waals surface area contributed by atoms with Gasteiger partial charge in [0.05, 0.1) is 39.3 Å². The van der Waals surface area contributed by atoms with Crippen LogP contribution in [0.25, 0.3) is 0 Å². The van der Waals surface area contributed by atoms with Crippen molar-refractivity contribution in [3.05, 3.63) is 218 Å². The molecule has 0 saturated heterocycles. The van der Waals surface area contributed by atoms with E-state index in [1.165, 1.54) is 6.07 Å². The number of phenols is 1. The molecule has 64 heavy (non-hydrogen) atoms. The topological polar surface area (TPSA) is 159 Å². The lowest BCUT2D eigenvalue weighted by atomic mass is 9.82. The fraction of sp³-hybridized carbons (Fsp3) is 0.111. The first-order valence-electron chi connectivity index (χ1n) is 20.9. The lowest BCUT2D eigenvalue weighted by molar-refractivity contribution is 0.0977. The third-order valence-corrected chi connectivity index (χ3v) is 11.3. The summed E-state index contributed by atoms with van der Waals surface area (Å²) in [6, 6.07) is 41.5. The Kier molecular flexibility index (Phi) is 11.9. The summed E-state index contributed by atoms with van der Waals surface area (Å²) in [5.41, 5.74) is 7.47. The van der Waals surface area contributed by atoms with E-state index < -0.39 is 23.4 Å². The molecule has 2 amide bonds. The number of anilines is 4. The van der Waals surface area contributed by atoms with E-state index in [0.717, 1.165) is 41.6 Å². The summed E-state index contributed by atoms with van der Waals surface area (Å²) in [4.78, 5) is 79.2. The summed E-state index contributed by atoms with van der Waals surface area (Å²) < 4.78 is 0. The van der Waals surface area contributed by atoms with Gasteiger partial charge in [0, 0.05) is 39.1 Å². The molecular formula is C54H43N3O7. The monoisotopic (exact) mass is 845 g/mol. The number of amides is 2. The van der Waals surface area contributed by atoms with Crippen LogP contribution < -0.4 is 16.0 Å². The smallest absolute Gasteiger partial charge is 0.255 e. The average molecular weight is 846 g/mol. The van der Waals surface area contributed by atoms with Gasteiger partial charge in [0.15, 0.2) is 23.1 Å². The fourth-order valence-electron chi connectivity index (χ4n) is 7.83. The highest BCUT2D eigenvalue weighted by Crippen LogP contribution is 2.39. The first-order chi connectivity index (χ1) is 30.9. The van der Waals surface area contributed by atoms with Gasteiger partial charge < -0.3 is 21.1 Å². The molecule has 10 nitrogen and oxygen atoms in total. The minimum Gasteiger partial charge on any atom is -0.507 e. The number of unbranched alkanes of at least 4 members (excludes halogenated alkanes) is 1. The lowest BCUT2D eigenvalue weighted by Gasteiger charge is -2.23. The predicted molar refractivity (Wildman–Crippen MR) is 248 cm³/mol. The summed E-state index contributed by atoms with van der Waals surface area (Å²) in [7, 11) is 0. The molecule has 0 bridgehead atoms. The van der Waals surface area contributed by atoms with E-state index in [-0.39, 0.29) is 62.1 Å². The SMILES string of the molecule is CCCCc1ccc(C(=O)Nc2ccc(NC(=O)c3ccc(C)cc3)c3c2C(=O)c2ccccc2C3=O)cc1.Cc1ccc(Nc2ccc(O)c3c2C(=O)c2ccccc2C3=O)cc1. The second-order valence-electron chi connectivity index (χ2n) is 15.8. The number of aryl methyl sites for hydroxylation is 3. The molecule has 2 aliphatic rings. The summed E-state index contributed by atoms with van der Waals surface area (Å²) in [6.07, 6.45) is 3.10. The van der Waals surface area contributed by atoms with Crippen molar-refractivity contribution in [2.24, 2.45) is 0 Å². The van der Waals surface area contributed by atoms with Crippen LogP contribution in [0.2, 0.25) is 0 Å². The number of benzene rings is 7. The molecule has 316 valence electrons. The predicted octanol–water partition coefficient (Wildman–Crippen LogP) is 10.8. The van der Waals surface area contributed by atoms with Crippen molar-refractivity contribution < 1.29 is 33.9 Å². The Labute approximate surface area is 370 Å². The third-order valence-electron chi connectivity index (χ3n) is 11.3. The maximum Gasteiger partial charge on any atom is 0.255 e. The molecule has 9 rings (SSSR count). The van der Waals surface area contributed by atoms with Crippen LogP contribution in [-0.4, -0.2) is 40.1 Å². The Hall–Kier alpha value is -8.24. The van der Waals surface area contributed by atoms with Crippen LogP contribution >= 0.6 is 0 Å². The van der Waals surface area contributed by atoms with Gasteiger partial charge in [-0.25, -0.2) is 0 Å². The summed E-state index contributed by atoms with van der Waals surface area (Å²) >= 11 is 0. The fourth-order valence-corrected chi connectivity index (χ4v) is 7.83. The van der Waals surface area contributed by atoms with Crippen LogP contribution in [0, 0.1) is 13.8 Å². The number of phenolic OH excluding ortho intramolecular Hbond substituents is 1. The number of fused-ring (bicyclic) bond motifs is 4. The number of hydrogen-bond acceptors (Lipinski definition) is 8. The minimum atomic E-state index is -0.406. The van der Waals surface area contributed by atoms with E-state index in [1.807, 2.05) is 62.4 Å². The number of carbonyl (C=O) groups is 6. The summed E-state index contributed by atoms with van der Waals surface area (Å²) in [5.74, 6) is -2.37. The van der Waals surface area contributed by atoms with Crippen molar-refractivity contribution in [3.8, 4) is 5.75 Å². The van der Waals surface area contributed by atoms with Gasteiger partial charge in [0.1, 0.15) is 5.75 Å². The number of rotatable bonds is 9. The van der Waals surface area contributed by atoms with Crippen LogP contribution in [0.3, 0.4) is 0 Å². The average Bonchev–Trinajstić information content (AvgIpc) is 3.31. The van der Waals surface area contributed by atoms with Gasteiger partial charge in [0.25, 0.3) is 11.8 Å². The molecule has 0 saturated carbocycles. The van der Waals surface area contributed by atoms with Gasteiger partial charge in [-0.05, 0) is 92.9 Å². The molecule has 4 N–H and O–H groups in total. The highest BCUT2D eigenvalue weighted by atomic mass is 16.3. The van der Waals surface area contributed by atoms with Crippen LogP contribution in [0.4, 0.5) is 22.7 Å². The molecule has 0 aliphatic heterocycles. The van der Waals surface area contributed by atoms with Gasteiger partial charge in [-0.2, -0.15) is 0 Å². The highest BCUT2D eigenvalue weighted by molar-refractivity contribution is 6.33. The Morgan fingerprint density at radius 2 is 0.859 bits per heavy atom. The van der Waals surface area contributed by atoms with Crippen molar-refractivity contribution in [1.82, 2.24) is 0 Å². The zero-order chi connectivity index (χ0) is 45.1. The number of ketones is 4. The van der Waals surface area contributed by atoms with Crippen molar-refractivity contribution in [3.63, 3.8) is 0 Å². The molecule has 0 atom stereocenters. The van der Waals surface area contributed by atoms with Gasteiger partial charge >= 0.3 is 0 Å². The van der Waals surface area contributed by atoms with Crippen LogP contribution in [0.1, 0.15) is 121 Å². The zero-order valence-electron chi connectivity index (χ0n) is 35.4. The molecule has 0 heterocycles. The maximum absolute atomic E-state index is 13.7. The van der Waals surface area contributed by atoms with E-state index in [9.17, 15) is 33.9 Å². The number of hydrogen-bond donors (Lipinski definition) is 4. The lowest BCUT2D eigenvalue weighted by Crippen LogP contribution is -2.26. The number of aromatic hydroxyl groups is 1. The van der Waals surface area contributed by atoms with Crippen molar-refractivity contribution in [1.29, 1.82) is 0 Å². The van der Waals surface area contributed by atoms with E-state index >= 15 is 0 Å². The van der Waals surface area contributed by atoms with Gasteiger partial charge in [0.2, 0.25) is 0 Å². The Balaban J connectivity index is 0.000000192. The molecule has 2 aliphatic carbocycles. The van der Waals surface area contributed by atoms with Crippen LogP contribution in [-0.2, 0) is 6.42 Å². The third kappa shape index (κ3) is 8.36. The normalized spacial score (nSPS) is 12.2. The van der Waals surface area contributed by atoms with Gasteiger partial charge in [-0.1, -0.05) is 109 Å². The van der Waals surface area contributed by atoms with Crippen molar-refractivity contribution in [2.75, 3.05) is 16.0 Å². The largest absolute Gasteiger partial charge is 0.507 e. The van der Waals surface area contributed by atoms with E-state index in [2.05, 4.69) is 22.9 Å². The summed E-state index contributed by atoms with van der Waals surface area (Å²) in [6.45, 7) is 6.05. The van der Waals surface area contributed by atoms with E-state index in [0.29, 0.717) is 27.9 Å². The molecule has 0 aromatic heterocycles. The zero-order valence-corrected chi connectivity index (χ0v) is 35.4. The summed E-state index contributed by atoms with van der Waals surface area (Å²) in [5, 5.41) is 19.0. The minimum absolute atomic E-state index is 0.0563. The molecular weight excluding hydrogens is 803 g/mol. The second-order valence-corrected chi connectivity index (χ2v) is 15.8. The van der Waals surface area contributed by atoms with E-state index in [4.69, 9.17) is 0 Å². The number of carbonyl (C=O) groups excluding carboxylic acids is 6. The maximum atomic E-state index is 13.7. The van der Waals surface area contributed by atoms with Crippen LogP contribution in [0.5, 0.6) is 5.75 Å². The Morgan fingerprint density at radius 1 is 0.469 bits per heavy atom. The molecule has 0 fully saturated rings. The quantitative estimate of drug-likeness (QED) is 0.105. The number of nitrogens with one attached hydrogen (secondary N) is 3. The van der Waals surface area contributed by atoms with E-state index in [1.54, 1.807) is 91.0 Å². The second kappa shape index (κ2) is 18.0. The molecule has 0 spiro atoms. The Morgan fingerprint density at radius 3 is 1.31 bits per heavy atom. The molecule has 0 unspecified atom stereocenters. The standard InChI is InChI=1S/C33H28N2O4.C21H15NO3/c1-3-4-7-21-12-16-23(17-13-21)33(39)35-27-19-18-26(34-32(38)22-14-10-20(2)11-15-22)28-29(27)31(37)25-9-6-5-8-24(25)30(28)36;1-12-6-8-13(9-7-12)22-16-10-11-17(23)19-18(16)20(24)14-4-2-3-5-15(14)21(19)25/h5-6,8-19H,3-4,7H2,1-2H3,(H,34,38)(H,35,39);2-11,22-23H,1H3. The molecule has 10 heteroatoms. The van der Waals surface area contributed by atoms with Gasteiger partial charge in [-0.3, -0.25) is 28.8 Å². The Bertz CT molecular complexity index is 3020.